The van der Waals surface area contributed by atoms with Gasteiger partial charge in [-0.3, -0.25) is 4.79 Å². The molecule has 2 rings (SSSR count). The van der Waals surface area contributed by atoms with E-state index in [9.17, 15) is 17.6 Å². The molecule has 1 amide bonds. The molecule has 0 radical (unpaired) electrons. The van der Waals surface area contributed by atoms with E-state index in [-0.39, 0.29) is 10.8 Å². The van der Waals surface area contributed by atoms with Crippen LogP contribution in [0.15, 0.2) is 29.2 Å². The van der Waals surface area contributed by atoms with Crippen molar-refractivity contribution in [2.75, 3.05) is 13.1 Å². The van der Waals surface area contributed by atoms with Crippen LogP contribution in [0.1, 0.15) is 26.7 Å². The average molecular weight is 328 g/mol. The minimum atomic E-state index is -3.83. The second-order valence-corrected chi connectivity index (χ2v) is 7.52. The lowest BCUT2D eigenvalue weighted by molar-refractivity contribution is -0.133. The number of nitrogens with one attached hydrogen (secondary N) is 1. The monoisotopic (exact) mass is 328 g/mol. The standard InChI is InChI=1S/C15H21FN2O3S/c1-11-7-9-18(10-8-11)15(19)12(2)17-22(20,21)14-5-3-13(16)4-6-14/h3-6,11-12,17H,7-10H2,1-2H3/t12-/m0/s1. The topological polar surface area (TPSA) is 66.5 Å². The van der Waals surface area contributed by atoms with Gasteiger partial charge in [-0.2, -0.15) is 4.72 Å². The van der Waals surface area contributed by atoms with Gasteiger partial charge in [0, 0.05) is 13.1 Å². The van der Waals surface area contributed by atoms with Gasteiger partial charge in [0.25, 0.3) is 0 Å². The molecule has 0 bridgehead atoms. The third-order valence-corrected chi connectivity index (χ3v) is 5.48. The molecule has 1 aliphatic rings. The zero-order chi connectivity index (χ0) is 16.3. The van der Waals surface area contributed by atoms with Crippen LogP contribution < -0.4 is 4.72 Å². The number of benzene rings is 1. The molecule has 1 atom stereocenters. The van der Waals surface area contributed by atoms with E-state index in [2.05, 4.69) is 11.6 Å². The summed E-state index contributed by atoms with van der Waals surface area (Å²) in [6, 6.07) is 3.66. The Morgan fingerprint density at radius 1 is 1.27 bits per heavy atom. The summed E-state index contributed by atoms with van der Waals surface area (Å²) in [7, 11) is -3.83. The zero-order valence-corrected chi connectivity index (χ0v) is 13.6. The maximum atomic E-state index is 12.9. The Hall–Kier alpha value is -1.47. The quantitative estimate of drug-likeness (QED) is 0.916. The molecule has 0 spiro atoms. The smallest absolute Gasteiger partial charge is 0.241 e. The molecule has 1 aromatic rings. The number of amides is 1. The molecule has 1 aromatic carbocycles. The van der Waals surface area contributed by atoms with Crippen LogP contribution in [0.4, 0.5) is 4.39 Å². The number of rotatable bonds is 4. The number of piperidine rings is 1. The second-order valence-electron chi connectivity index (χ2n) is 5.80. The highest BCUT2D eigenvalue weighted by molar-refractivity contribution is 7.89. The van der Waals surface area contributed by atoms with Gasteiger partial charge in [0.05, 0.1) is 10.9 Å². The molecule has 0 unspecified atom stereocenters. The van der Waals surface area contributed by atoms with Crippen LogP contribution in [0.3, 0.4) is 0 Å². The molecule has 7 heteroatoms. The Bertz CT molecular complexity index is 623. The highest BCUT2D eigenvalue weighted by atomic mass is 32.2. The fraction of sp³-hybridized carbons (Fsp3) is 0.533. The summed E-state index contributed by atoms with van der Waals surface area (Å²) < 4.78 is 39.6. The highest BCUT2D eigenvalue weighted by Crippen LogP contribution is 2.17. The van der Waals surface area contributed by atoms with Crippen molar-refractivity contribution >= 4 is 15.9 Å². The van der Waals surface area contributed by atoms with E-state index >= 15 is 0 Å². The first kappa shape index (κ1) is 16.9. The highest BCUT2D eigenvalue weighted by Gasteiger charge is 2.27. The predicted molar refractivity (Wildman–Crippen MR) is 81.2 cm³/mol. The van der Waals surface area contributed by atoms with Crippen LogP contribution in [0.2, 0.25) is 0 Å². The number of carbonyl (C=O) groups is 1. The minimum Gasteiger partial charge on any atom is -0.341 e. The Morgan fingerprint density at radius 2 is 1.82 bits per heavy atom. The lowest BCUT2D eigenvalue weighted by Crippen LogP contribution is -2.49. The van der Waals surface area contributed by atoms with Crippen molar-refractivity contribution in [3.05, 3.63) is 30.1 Å². The largest absolute Gasteiger partial charge is 0.341 e. The minimum absolute atomic E-state index is 0.0548. The molecule has 1 heterocycles. The molecule has 1 aliphatic heterocycles. The van der Waals surface area contributed by atoms with Gasteiger partial charge in [0.15, 0.2) is 0 Å². The number of carbonyl (C=O) groups excluding carboxylic acids is 1. The van der Waals surface area contributed by atoms with Crippen LogP contribution in [-0.4, -0.2) is 38.4 Å². The van der Waals surface area contributed by atoms with Crippen molar-refractivity contribution in [3.63, 3.8) is 0 Å². The summed E-state index contributed by atoms with van der Waals surface area (Å²) in [4.78, 5) is 13.9. The Labute approximate surface area is 130 Å². The first-order chi connectivity index (χ1) is 10.3. The van der Waals surface area contributed by atoms with Crippen molar-refractivity contribution in [1.82, 2.24) is 9.62 Å². The third-order valence-electron chi connectivity index (χ3n) is 3.92. The molecule has 5 nitrogen and oxygen atoms in total. The van der Waals surface area contributed by atoms with Gasteiger partial charge in [0.1, 0.15) is 5.82 Å². The van der Waals surface area contributed by atoms with Crippen LogP contribution in [-0.2, 0) is 14.8 Å². The van der Waals surface area contributed by atoms with Gasteiger partial charge < -0.3 is 4.90 Å². The maximum absolute atomic E-state index is 12.9. The Balaban J connectivity index is 2.02. The molecule has 0 aromatic heterocycles. The van der Waals surface area contributed by atoms with E-state index in [0.29, 0.717) is 19.0 Å². The zero-order valence-electron chi connectivity index (χ0n) is 12.8. The molecule has 22 heavy (non-hydrogen) atoms. The van der Waals surface area contributed by atoms with Crippen LogP contribution >= 0.6 is 0 Å². The van der Waals surface area contributed by atoms with Gasteiger partial charge in [-0.25, -0.2) is 12.8 Å². The number of hydrogen-bond donors (Lipinski definition) is 1. The van der Waals surface area contributed by atoms with Gasteiger partial charge >= 0.3 is 0 Å². The average Bonchev–Trinajstić information content (AvgIpc) is 2.47. The van der Waals surface area contributed by atoms with E-state index < -0.39 is 21.9 Å². The molecule has 122 valence electrons. The van der Waals surface area contributed by atoms with E-state index in [4.69, 9.17) is 0 Å². The summed E-state index contributed by atoms with van der Waals surface area (Å²) in [5.74, 6) is -0.140. The van der Waals surface area contributed by atoms with E-state index in [0.717, 1.165) is 25.0 Å². The van der Waals surface area contributed by atoms with Crippen molar-refractivity contribution in [2.24, 2.45) is 5.92 Å². The van der Waals surface area contributed by atoms with Crippen LogP contribution in [0.25, 0.3) is 0 Å². The SMILES string of the molecule is CC1CCN(C(=O)[C@H](C)NS(=O)(=O)c2ccc(F)cc2)CC1. The van der Waals surface area contributed by atoms with Crippen molar-refractivity contribution in [1.29, 1.82) is 0 Å². The first-order valence-corrected chi connectivity index (χ1v) is 8.84. The molecule has 0 aliphatic carbocycles. The van der Waals surface area contributed by atoms with E-state index in [1.54, 1.807) is 4.90 Å². The molecular formula is C15H21FN2O3S. The Morgan fingerprint density at radius 3 is 2.36 bits per heavy atom. The van der Waals surface area contributed by atoms with E-state index in [1.165, 1.54) is 19.1 Å². The fourth-order valence-electron chi connectivity index (χ4n) is 2.47. The van der Waals surface area contributed by atoms with Gasteiger partial charge in [-0.05, 0) is 49.9 Å². The summed E-state index contributed by atoms with van der Waals surface area (Å²) in [5, 5.41) is 0. The summed E-state index contributed by atoms with van der Waals surface area (Å²) in [6.07, 6.45) is 1.87. The van der Waals surface area contributed by atoms with Crippen molar-refractivity contribution in [3.8, 4) is 0 Å². The number of nitrogens with zero attached hydrogens (tertiary/aromatic N) is 1. The first-order valence-electron chi connectivity index (χ1n) is 7.36. The third kappa shape index (κ3) is 4.04. The number of sulfonamides is 1. The van der Waals surface area contributed by atoms with Gasteiger partial charge in [-0.15, -0.1) is 0 Å². The number of hydrogen-bond acceptors (Lipinski definition) is 3. The van der Waals surface area contributed by atoms with Crippen LogP contribution in [0, 0.1) is 11.7 Å². The molecule has 1 N–H and O–H groups in total. The summed E-state index contributed by atoms with van der Waals surface area (Å²) >= 11 is 0. The van der Waals surface area contributed by atoms with Gasteiger partial charge in [0.2, 0.25) is 15.9 Å². The lowest BCUT2D eigenvalue weighted by atomic mass is 9.99. The Kier molecular flexibility index (Phi) is 5.18. The van der Waals surface area contributed by atoms with Crippen LogP contribution in [0.5, 0.6) is 0 Å². The van der Waals surface area contributed by atoms with Crippen molar-refractivity contribution in [2.45, 2.75) is 37.6 Å². The fourth-order valence-corrected chi connectivity index (χ4v) is 3.66. The van der Waals surface area contributed by atoms with Gasteiger partial charge in [-0.1, -0.05) is 6.92 Å². The summed E-state index contributed by atoms with van der Waals surface area (Å²) in [5.41, 5.74) is 0. The maximum Gasteiger partial charge on any atom is 0.241 e. The molecule has 1 fully saturated rings. The normalized spacial score (nSPS) is 18.2. The summed E-state index contributed by atoms with van der Waals surface area (Å²) in [6.45, 7) is 4.98. The van der Waals surface area contributed by atoms with Crippen molar-refractivity contribution < 1.29 is 17.6 Å². The predicted octanol–water partition coefficient (Wildman–Crippen LogP) is 1.75. The van der Waals surface area contributed by atoms with E-state index in [1.807, 2.05) is 0 Å². The lowest BCUT2D eigenvalue weighted by Gasteiger charge is -2.32. The number of halogens is 1. The second kappa shape index (κ2) is 6.75. The number of likely N-dealkylation sites (tertiary alicyclic amines) is 1. The molecular weight excluding hydrogens is 307 g/mol. The molecule has 1 saturated heterocycles. The molecule has 0 saturated carbocycles.